The van der Waals surface area contributed by atoms with Crippen LogP contribution in [0, 0.1) is 25.5 Å². The zero-order valence-electron chi connectivity index (χ0n) is 12.9. The first-order chi connectivity index (χ1) is 11.4. The first kappa shape index (κ1) is 16.8. The molecule has 24 heavy (non-hydrogen) atoms. The second-order valence-electron chi connectivity index (χ2n) is 5.44. The van der Waals surface area contributed by atoms with Crippen molar-refractivity contribution in [3.8, 4) is 22.3 Å². The largest absolute Gasteiger partial charge is 0.206 e. The van der Waals surface area contributed by atoms with Crippen LogP contribution in [-0.2, 0) is 0 Å². The Labute approximate surface area is 148 Å². The Kier molecular flexibility index (Phi) is 4.52. The molecule has 0 fully saturated rings. The molecule has 0 unspecified atom stereocenters. The molecule has 0 aliphatic carbocycles. The van der Waals surface area contributed by atoms with Gasteiger partial charge < -0.3 is 0 Å². The lowest BCUT2D eigenvalue weighted by Gasteiger charge is -2.15. The van der Waals surface area contributed by atoms with Gasteiger partial charge >= 0.3 is 0 Å². The number of aromatic nitrogens is 2. The summed E-state index contributed by atoms with van der Waals surface area (Å²) in [6.07, 6.45) is 0. The summed E-state index contributed by atoms with van der Waals surface area (Å²) in [5.41, 5.74) is 2.18. The predicted molar refractivity (Wildman–Crippen MR) is 92.3 cm³/mol. The Hall–Kier alpha value is -2.04. The molecule has 1 heterocycles. The molecule has 0 aliphatic heterocycles. The van der Waals surface area contributed by atoms with Crippen LogP contribution < -0.4 is 0 Å². The van der Waals surface area contributed by atoms with Crippen LogP contribution in [0.1, 0.15) is 11.3 Å². The first-order valence-corrected chi connectivity index (χ1v) is 7.89. The number of rotatable bonds is 2. The molecular formula is C18H12Cl2F2N2. The summed E-state index contributed by atoms with van der Waals surface area (Å²) in [6, 6.07) is 9.39. The van der Waals surface area contributed by atoms with Gasteiger partial charge in [-0.25, -0.2) is 8.78 Å². The van der Waals surface area contributed by atoms with Gasteiger partial charge in [-0.15, -0.1) is 5.10 Å². The summed E-state index contributed by atoms with van der Waals surface area (Å²) in [7, 11) is 0. The third kappa shape index (κ3) is 2.99. The monoisotopic (exact) mass is 364 g/mol. The van der Waals surface area contributed by atoms with Crippen molar-refractivity contribution in [2.45, 2.75) is 13.8 Å². The second kappa shape index (κ2) is 6.46. The Morgan fingerprint density at radius 3 is 1.96 bits per heavy atom. The fourth-order valence-corrected chi connectivity index (χ4v) is 2.99. The minimum Gasteiger partial charge on any atom is -0.206 e. The normalized spacial score (nSPS) is 10.9. The van der Waals surface area contributed by atoms with Crippen LogP contribution in [0.5, 0.6) is 0 Å². The van der Waals surface area contributed by atoms with Crippen LogP contribution in [0.25, 0.3) is 22.3 Å². The standard InChI is InChI=1S/C18H12Cl2F2N2/c1-9-7-13(21)16(14(22)8-9)17-15(10(2)23-24-18(17)20)11-3-5-12(19)6-4-11/h3-8H,1-2H3. The number of aryl methyl sites for hydroxylation is 2. The van der Waals surface area contributed by atoms with Crippen LogP contribution in [0.15, 0.2) is 36.4 Å². The molecule has 0 saturated heterocycles. The van der Waals surface area contributed by atoms with Crippen LogP contribution >= 0.6 is 23.2 Å². The molecule has 1 aromatic heterocycles. The van der Waals surface area contributed by atoms with Crippen molar-refractivity contribution in [3.05, 3.63) is 69.5 Å². The van der Waals surface area contributed by atoms with E-state index >= 15 is 0 Å². The molecule has 122 valence electrons. The molecule has 0 bridgehead atoms. The molecule has 0 radical (unpaired) electrons. The van der Waals surface area contributed by atoms with Crippen LogP contribution in [0.2, 0.25) is 10.2 Å². The van der Waals surface area contributed by atoms with Gasteiger partial charge in [0.1, 0.15) is 11.6 Å². The van der Waals surface area contributed by atoms with E-state index in [1.807, 2.05) is 0 Å². The smallest absolute Gasteiger partial charge is 0.160 e. The summed E-state index contributed by atoms with van der Waals surface area (Å²) in [5.74, 6) is -1.39. The lowest BCUT2D eigenvalue weighted by molar-refractivity contribution is 0.587. The maximum Gasteiger partial charge on any atom is 0.160 e. The van der Waals surface area contributed by atoms with Crippen molar-refractivity contribution in [1.82, 2.24) is 10.2 Å². The summed E-state index contributed by atoms with van der Waals surface area (Å²) in [5, 5.41) is 8.29. The molecule has 0 saturated carbocycles. The zero-order chi connectivity index (χ0) is 17.4. The maximum atomic E-state index is 14.5. The van der Waals surface area contributed by atoms with E-state index in [1.165, 1.54) is 12.1 Å². The minimum absolute atomic E-state index is 0.0628. The lowest BCUT2D eigenvalue weighted by atomic mass is 9.94. The van der Waals surface area contributed by atoms with Crippen molar-refractivity contribution >= 4 is 23.2 Å². The fraction of sp³-hybridized carbons (Fsp3) is 0.111. The summed E-state index contributed by atoms with van der Waals surface area (Å²) in [4.78, 5) is 0. The Bertz CT molecular complexity index is 902. The van der Waals surface area contributed by atoms with Gasteiger partial charge in [0.25, 0.3) is 0 Å². The molecule has 0 atom stereocenters. The quantitative estimate of drug-likeness (QED) is 0.556. The molecule has 0 aliphatic rings. The Morgan fingerprint density at radius 1 is 0.792 bits per heavy atom. The Morgan fingerprint density at radius 2 is 1.38 bits per heavy atom. The van der Waals surface area contributed by atoms with E-state index < -0.39 is 11.6 Å². The van der Waals surface area contributed by atoms with Crippen molar-refractivity contribution in [3.63, 3.8) is 0 Å². The molecule has 6 heteroatoms. The van der Waals surface area contributed by atoms with Gasteiger partial charge in [-0.3, -0.25) is 0 Å². The third-order valence-electron chi connectivity index (χ3n) is 3.68. The summed E-state index contributed by atoms with van der Waals surface area (Å²) >= 11 is 12.1. The van der Waals surface area contributed by atoms with E-state index in [4.69, 9.17) is 23.2 Å². The topological polar surface area (TPSA) is 25.8 Å². The van der Waals surface area contributed by atoms with Crippen molar-refractivity contribution < 1.29 is 8.78 Å². The Balaban J connectivity index is 2.37. The van der Waals surface area contributed by atoms with E-state index in [9.17, 15) is 8.78 Å². The average molecular weight is 365 g/mol. The molecule has 2 aromatic carbocycles. The first-order valence-electron chi connectivity index (χ1n) is 7.13. The van der Waals surface area contributed by atoms with E-state index in [1.54, 1.807) is 38.1 Å². The molecular weight excluding hydrogens is 353 g/mol. The molecule has 0 N–H and O–H groups in total. The van der Waals surface area contributed by atoms with Gasteiger partial charge in [-0.2, -0.15) is 5.10 Å². The third-order valence-corrected chi connectivity index (χ3v) is 4.19. The highest BCUT2D eigenvalue weighted by molar-refractivity contribution is 6.33. The van der Waals surface area contributed by atoms with Crippen molar-refractivity contribution in [1.29, 1.82) is 0 Å². The number of halogens is 4. The molecule has 3 rings (SSSR count). The molecule has 0 spiro atoms. The van der Waals surface area contributed by atoms with Gasteiger partial charge in [0.2, 0.25) is 0 Å². The molecule has 0 amide bonds. The van der Waals surface area contributed by atoms with Crippen LogP contribution in [0.3, 0.4) is 0 Å². The SMILES string of the molecule is Cc1cc(F)c(-c2c(Cl)nnc(C)c2-c2ccc(Cl)cc2)c(F)c1. The van der Waals surface area contributed by atoms with Gasteiger partial charge in [0.05, 0.1) is 11.3 Å². The number of hydrogen-bond donors (Lipinski definition) is 0. The number of nitrogens with zero attached hydrogens (tertiary/aromatic N) is 2. The second-order valence-corrected chi connectivity index (χ2v) is 6.23. The van der Waals surface area contributed by atoms with Crippen LogP contribution in [-0.4, -0.2) is 10.2 Å². The minimum atomic E-state index is -0.697. The summed E-state index contributed by atoms with van der Waals surface area (Å²) < 4.78 is 29.0. The van der Waals surface area contributed by atoms with Gasteiger partial charge in [-0.1, -0.05) is 35.3 Å². The highest BCUT2D eigenvalue weighted by Crippen LogP contribution is 2.40. The zero-order valence-corrected chi connectivity index (χ0v) is 14.4. The highest BCUT2D eigenvalue weighted by Gasteiger charge is 2.23. The van der Waals surface area contributed by atoms with Gasteiger partial charge in [0, 0.05) is 16.1 Å². The van der Waals surface area contributed by atoms with E-state index in [0.29, 0.717) is 27.4 Å². The fourth-order valence-electron chi connectivity index (χ4n) is 2.64. The molecule has 2 nitrogen and oxygen atoms in total. The van der Waals surface area contributed by atoms with Crippen molar-refractivity contribution in [2.24, 2.45) is 0 Å². The predicted octanol–water partition coefficient (Wildman–Crippen LogP) is 6.01. The number of benzene rings is 2. The van der Waals surface area contributed by atoms with Crippen LogP contribution in [0.4, 0.5) is 8.78 Å². The van der Waals surface area contributed by atoms with E-state index in [2.05, 4.69) is 10.2 Å². The lowest BCUT2D eigenvalue weighted by Crippen LogP contribution is -2.01. The van der Waals surface area contributed by atoms with E-state index in [-0.39, 0.29) is 16.3 Å². The maximum absolute atomic E-state index is 14.5. The van der Waals surface area contributed by atoms with E-state index in [0.717, 1.165) is 0 Å². The van der Waals surface area contributed by atoms with Gasteiger partial charge in [0.15, 0.2) is 5.15 Å². The van der Waals surface area contributed by atoms with Crippen molar-refractivity contribution in [2.75, 3.05) is 0 Å². The average Bonchev–Trinajstić information content (AvgIpc) is 2.51. The molecule has 3 aromatic rings. The van der Waals surface area contributed by atoms with Gasteiger partial charge in [-0.05, 0) is 49.2 Å². The summed E-state index contributed by atoms with van der Waals surface area (Å²) in [6.45, 7) is 3.33. The number of hydrogen-bond acceptors (Lipinski definition) is 2. The highest BCUT2D eigenvalue weighted by atomic mass is 35.5.